The zero-order valence-corrected chi connectivity index (χ0v) is 7.34. The fourth-order valence-electron chi connectivity index (χ4n) is 1.02. The molecule has 1 atom stereocenters. The minimum Gasteiger partial charge on any atom is -0.480 e. The molecule has 5 heteroatoms. The quantitative estimate of drug-likeness (QED) is 0.695. The summed E-state index contributed by atoms with van der Waals surface area (Å²) in [5, 5.41) is 17.3. The lowest BCUT2D eigenvalue weighted by Crippen LogP contribution is -2.32. The van der Waals surface area contributed by atoms with Crippen LogP contribution in [0.4, 0.5) is 0 Å². The van der Waals surface area contributed by atoms with E-state index in [0.29, 0.717) is 11.1 Å². The third-order valence-corrected chi connectivity index (χ3v) is 1.78. The maximum Gasteiger partial charge on any atom is 0.320 e. The lowest BCUT2D eigenvalue weighted by atomic mass is 10.0. The molecule has 3 N–H and O–H groups in total. The summed E-state index contributed by atoms with van der Waals surface area (Å²) in [4.78, 5) is 14.3. The van der Waals surface area contributed by atoms with Crippen LogP contribution in [0.3, 0.4) is 0 Å². The Labute approximate surface area is 80.8 Å². The minimum absolute atomic E-state index is 0.117. The van der Waals surface area contributed by atoms with Gasteiger partial charge in [0.15, 0.2) is 0 Å². The highest BCUT2D eigenvalue weighted by Gasteiger charge is 2.14. The minimum atomic E-state index is -1.09. The van der Waals surface area contributed by atoms with Gasteiger partial charge in [0.2, 0.25) is 0 Å². The van der Waals surface area contributed by atoms with Gasteiger partial charge in [0.25, 0.3) is 0 Å². The third kappa shape index (κ3) is 2.28. The van der Waals surface area contributed by atoms with E-state index in [9.17, 15) is 4.79 Å². The molecule has 14 heavy (non-hydrogen) atoms. The molecule has 0 saturated heterocycles. The van der Waals surface area contributed by atoms with Crippen LogP contribution in [0.5, 0.6) is 0 Å². The Balaban J connectivity index is 2.87. The Kier molecular flexibility index (Phi) is 3.15. The number of carboxylic acid groups (broad SMARTS) is 1. The van der Waals surface area contributed by atoms with Crippen molar-refractivity contribution in [3.05, 3.63) is 29.6 Å². The first-order valence-corrected chi connectivity index (χ1v) is 3.96. The van der Waals surface area contributed by atoms with E-state index < -0.39 is 12.0 Å². The van der Waals surface area contributed by atoms with E-state index >= 15 is 0 Å². The predicted molar refractivity (Wildman–Crippen MR) is 48.3 cm³/mol. The van der Waals surface area contributed by atoms with Gasteiger partial charge in [-0.3, -0.25) is 9.78 Å². The molecule has 1 rings (SSSR count). The number of carboxylic acids is 1. The van der Waals surface area contributed by atoms with Crippen molar-refractivity contribution in [2.75, 3.05) is 0 Å². The van der Waals surface area contributed by atoms with Crippen molar-refractivity contribution in [1.29, 1.82) is 5.26 Å². The summed E-state index contributed by atoms with van der Waals surface area (Å²) in [6, 6.07) is 2.49. The lowest BCUT2D eigenvalue weighted by Gasteiger charge is -2.06. The average molecular weight is 191 g/mol. The number of aliphatic carboxylic acids is 1. The normalized spacial score (nSPS) is 11.7. The molecule has 72 valence electrons. The number of nitriles is 1. The van der Waals surface area contributed by atoms with Gasteiger partial charge < -0.3 is 10.8 Å². The first kappa shape index (κ1) is 10.2. The Morgan fingerprint density at radius 1 is 1.79 bits per heavy atom. The smallest absolute Gasteiger partial charge is 0.320 e. The third-order valence-electron chi connectivity index (χ3n) is 1.78. The summed E-state index contributed by atoms with van der Waals surface area (Å²) in [7, 11) is 0. The van der Waals surface area contributed by atoms with Crippen molar-refractivity contribution < 1.29 is 9.90 Å². The molecule has 0 aromatic carbocycles. The maximum absolute atomic E-state index is 10.5. The number of hydrogen-bond donors (Lipinski definition) is 2. The van der Waals surface area contributed by atoms with E-state index in [4.69, 9.17) is 16.1 Å². The molecular formula is C9H9N3O2. The van der Waals surface area contributed by atoms with Crippen LogP contribution in [0.2, 0.25) is 0 Å². The van der Waals surface area contributed by atoms with E-state index in [0.717, 1.165) is 0 Å². The van der Waals surface area contributed by atoms with Crippen molar-refractivity contribution in [1.82, 2.24) is 4.98 Å². The van der Waals surface area contributed by atoms with Gasteiger partial charge in [-0.25, -0.2) is 0 Å². The summed E-state index contributed by atoms with van der Waals surface area (Å²) >= 11 is 0. The maximum atomic E-state index is 10.5. The first-order chi connectivity index (χ1) is 6.65. The van der Waals surface area contributed by atoms with Gasteiger partial charge in [-0.05, 0) is 11.6 Å². The first-order valence-electron chi connectivity index (χ1n) is 3.96. The summed E-state index contributed by atoms with van der Waals surface area (Å²) in [5.41, 5.74) is 6.31. The molecule has 0 aliphatic carbocycles. The monoisotopic (exact) mass is 191 g/mol. The van der Waals surface area contributed by atoms with Gasteiger partial charge in [0, 0.05) is 18.8 Å². The molecule has 0 aliphatic heterocycles. The van der Waals surface area contributed by atoms with Crippen molar-refractivity contribution in [2.45, 2.75) is 12.5 Å². The molecular weight excluding hydrogens is 182 g/mol. The van der Waals surface area contributed by atoms with Gasteiger partial charge in [-0.15, -0.1) is 0 Å². The van der Waals surface area contributed by atoms with Crippen LogP contribution in [-0.4, -0.2) is 22.1 Å². The Morgan fingerprint density at radius 2 is 2.50 bits per heavy atom. The topological polar surface area (TPSA) is 100 Å². The number of nitrogens with zero attached hydrogens (tertiary/aromatic N) is 2. The lowest BCUT2D eigenvalue weighted by molar-refractivity contribution is -0.138. The number of rotatable bonds is 3. The van der Waals surface area contributed by atoms with Crippen LogP contribution in [0.25, 0.3) is 0 Å². The molecule has 0 saturated carbocycles. The van der Waals surface area contributed by atoms with Crippen LogP contribution in [0.15, 0.2) is 18.5 Å². The van der Waals surface area contributed by atoms with Crippen molar-refractivity contribution in [3.63, 3.8) is 0 Å². The van der Waals surface area contributed by atoms with Crippen LogP contribution in [0.1, 0.15) is 11.1 Å². The SMILES string of the molecule is N#Cc1ccncc1CC(N)C(=O)O. The van der Waals surface area contributed by atoms with Crippen LogP contribution in [-0.2, 0) is 11.2 Å². The van der Waals surface area contributed by atoms with Crippen molar-refractivity contribution in [3.8, 4) is 6.07 Å². The molecule has 5 nitrogen and oxygen atoms in total. The van der Waals surface area contributed by atoms with Crippen LogP contribution >= 0.6 is 0 Å². The van der Waals surface area contributed by atoms with Gasteiger partial charge in [-0.2, -0.15) is 5.26 Å². The van der Waals surface area contributed by atoms with Gasteiger partial charge >= 0.3 is 5.97 Å². The van der Waals surface area contributed by atoms with Gasteiger partial charge in [-0.1, -0.05) is 0 Å². The molecule has 1 aromatic rings. The highest BCUT2D eigenvalue weighted by atomic mass is 16.4. The Bertz CT molecular complexity index is 384. The van der Waals surface area contributed by atoms with Crippen molar-refractivity contribution in [2.24, 2.45) is 5.73 Å². The molecule has 0 radical (unpaired) electrons. The molecule has 0 amide bonds. The number of nitrogens with two attached hydrogens (primary N) is 1. The molecule has 1 heterocycles. The zero-order valence-electron chi connectivity index (χ0n) is 7.34. The Morgan fingerprint density at radius 3 is 3.07 bits per heavy atom. The average Bonchev–Trinajstić information content (AvgIpc) is 2.18. The number of carbonyl (C=O) groups is 1. The second-order valence-corrected chi connectivity index (χ2v) is 2.79. The van der Waals surface area contributed by atoms with Gasteiger partial charge in [0.1, 0.15) is 6.04 Å². The van der Waals surface area contributed by atoms with E-state index in [1.807, 2.05) is 6.07 Å². The van der Waals surface area contributed by atoms with Gasteiger partial charge in [0.05, 0.1) is 11.6 Å². The number of pyridine rings is 1. The van der Waals surface area contributed by atoms with Crippen LogP contribution < -0.4 is 5.73 Å². The number of hydrogen-bond acceptors (Lipinski definition) is 4. The fourth-order valence-corrected chi connectivity index (χ4v) is 1.02. The Hall–Kier alpha value is -1.93. The standard InChI is InChI=1S/C9H9N3O2/c10-4-6-1-2-12-5-7(6)3-8(11)9(13)14/h1-2,5,8H,3,11H2,(H,13,14). The van der Waals surface area contributed by atoms with E-state index in [2.05, 4.69) is 4.98 Å². The second-order valence-electron chi connectivity index (χ2n) is 2.79. The molecule has 0 bridgehead atoms. The summed E-state index contributed by atoms with van der Waals surface area (Å²) in [5.74, 6) is -1.09. The van der Waals surface area contributed by atoms with E-state index in [1.54, 1.807) is 0 Å². The summed E-state index contributed by atoms with van der Waals surface area (Å²) < 4.78 is 0. The molecule has 1 aromatic heterocycles. The summed E-state index contributed by atoms with van der Waals surface area (Å²) in [6.45, 7) is 0. The highest BCUT2D eigenvalue weighted by molar-refractivity contribution is 5.73. The molecule has 0 fully saturated rings. The predicted octanol–water partition coefficient (Wildman–Crippen LogP) is -0.0923. The number of aromatic nitrogens is 1. The van der Waals surface area contributed by atoms with Crippen LogP contribution in [0, 0.1) is 11.3 Å². The van der Waals surface area contributed by atoms with E-state index in [1.165, 1.54) is 18.5 Å². The zero-order chi connectivity index (χ0) is 10.6. The molecule has 0 spiro atoms. The van der Waals surface area contributed by atoms with Crippen molar-refractivity contribution >= 4 is 5.97 Å². The molecule has 1 unspecified atom stereocenters. The van der Waals surface area contributed by atoms with E-state index in [-0.39, 0.29) is 6.42 Å². The fraction of sp³-hybridized carbons (Fsp3) is 0.222. The largest absolute Gasteiger partial charge is 0.480 e. The molecule has 0 aliphatic rings. The highest BCUT2D eigenvalue weighted by Crippen LogP contribution is 2.07. The second kappa shape index (κ2) is 4.35. The summed E-state index contributed by atoms with van der Waals surface area (Å²) in [6.07, 6.45) is 3.06.